The zero-order chi connectivity index (χ0) is 14.3. The van der Waals surface area contributed by atoms with Gasteiger partial charge in [-0.25, -0.2) is 0 Å². The van der Waals surface area contributed by atoms with Crippen LogP contribution in [0.3, 0.4) is 0 Å². The maximum absolute atomic E-state index is 12.2. The largest absolute Gasteiger partial charge is 0.497 e. The molecule has 2 unspecified atom stereocenters. The molecule has 1 saturated carbocycles. The van der Waals surface area contributed by atoms with Gasteiger partial charge in [0.25, 0.3) is 0 Å². The lowest BCUT2D eigenvalue weighted by molar-refractivity contribution is -0.129. The number of carbonyl (C=O) groups excluding carboxylic acids is 1. The van der Waals surface area contributed by atoms with Crippen LogP contribution in [-0.4, -0.2) is 37.1 Å². The van der Waals surface area contributed by atoms with Crippen LogP contribution in [0, 0.1) is 0 Å². The lowest BCUT2D eigenvalue weighted by atomic mass is 9.99. The maximum Gasteiger partial charge on any atom is 0.225 e. The van der Waals surface area contributed by atoms with Crippen LogP contribution in [0.15, 0.2) is 18.2 Å². The second-order valence-corrected chi connectivity index (χ2v) is 5.45. The zero-order valence-corrected chi connectivity index (χ0v) is 11.8. The minimum absolute atomic E-state index is 0.0872. The molecule has 2 aliphatic rings. The van der Waals surface area contributed by atoms with Crippen LogP contribution in [0.5, 0.6) is 11.5 Å². The van der Waals surface area contributed by atoms with E-state index in [-0.39, 0.29) is 18.0 Å². The summed E-state index contributed by atoms with van der Waals surface area (Å²) in [7, 11) is 3.25. The smallest absolute Gasteiger partial charge is 0.225 e. The first-order valence-corrected chi connectivity index (χ1v) is 6.94. The highest BCUT2D eigenvalue weighted by Crippen LogP contribution is 2.44. The molecule has 3 rings (SSSR count). The summed E-state index contributed by atoms with van der Waals surface area (Å²) in [6, 6.07) is 5.78. The number of ether oxygens (including phenoxy) is 2. The van der Waals surface area contributed by atoms with E-state index < -0.39 is 0 Å². The molecule has 1 saturated heterocycles. The number of methoxy groups -OCH3 is 2. The molecule has 0 bridgehead atoms. The van der Waals surface area contributed by atoms with Gasteiger partial charge in [0, 0.05) is 30.1 Å². The van der Waals surface area contributed by atoms with Gasteiger partial charge in [0.2, 0.25) is 5.91 Å². The molecule has 1 heterocycles. The van der Waals surface area contributed by atoms with Crippen LogP contribution in [0.25, 0.3) is 0 Å². The number of nitrogens with two attached hydrogens (primary N) is 1. The monoisotopic (exact) mass is 276 g/mol. The first kappa shape index (κ1) is 13.2. The summed E-state index contributed by atoms with van der Waals surface area (Å²) >= 11 is 0. The second kappa shape index (κ2) is 4.98. The highest BCUT2D eigenvalue weighted by atomic mass is 16.5. The molecule has 2 atom stereocenters. The van der Waals surface area contributed by atoms with Crippen LogP contribution < -0.4 is 15.2 Å². The van der Waals surface area contributed by atoms with Crippen molar-refractivity contribution in [2.24, 2.45) is 5.73 Å². The molecule has 1 aliphatic carbocycles. The van der Waals surface area contributed by atoms with E-state index in [0.717, 1.165) is 29.9 Å². The van der Waals surface area contributed by atoms with E-state index in [2.05, 4.69) is 0 Å². The summed E-state index contributed by atoms with van der Waals surface area (Å²) in [6.07, 6.45) is 2.57. The predicted molar refractivity (Wildman–Crippen MR) is 74.7 cm³/mol. The van der Waals surface area contributed by atoms with E-state index in [1.807, 2.05) is 23.1 Å². The van der Waals surface area contributed by atoms with E-state index in [1.165, 1.54) is 0 Å². The molecule has 1 aromatic carbocycles. The Hall–Kier alpha value is -1.75. The Kier molecular flexibility index (Phi) is 3.30. The minimum Gasteiger partial charge on any atom is -0.497 e. The summed E-state index contributed by atoms with van der Waals surface area (Å²) in [5.74, 6) is 1.62. The van der Waals surface area contributed by atoms with Gasteiger partial charge >= 0.3 is 0 Å². The Bertz CT molecular complexity index is 528. The molecule has 0 spiro atoms. The molecule has 5 nitrogen and oxygen atoms in total. The highest BCUT2D eigenvalue weighted by molar-refractivity contribution is 5.81. The fraction of sp³-hybridized carbons (Fsp3) is 0.533. The van der Waals surface area contributed by atoms with Gasteiger partial charge in [0.15, 0.2) is 0 Å². The molecule has 1 aromatic rings. The van der Waals surface area contributed by atoms with Crippen LogP contribution >= 0.6 is 0 Å². The van der Waals surface area contributed by atoms with E-state index >= 15 is 0 Å². The number of nitrogens with zero attached hydrogens (tertiary/aromatic N) is 1. The van der Waals surface area contributed by atoms with Gasteiger partial charge in [-0.15, -0.1) is 0 Å². The van der Waals surface area contributed by atoms with Gasteiger partial charge in [-0.1, -0.05) is 0 Å². The van der Waals surface area contributed by atoms with Crippen LogP contribution in [0.2, 0.25) is 0 Å². The first-order valence-electron chi connectivity index (χ1n) is 6.94. The van der Waals surface area contributed by atoms with E-state index in [4.69, 9.17) is 15.2 Å². The molecule has 20 heavy (non-hydrogen) atoms. The van der Waals surface area contributed by atoms with Gasteiger partial charge in [-0.2, -0.15) is 0 Å². The molecule has 0 radical (unpaired) electrons. The van der Waals surface area contributed by atoms with Crippen LogP contribution in [0.1, 0.15) is 30.9 Å². The maximum atomic E-state index is 12.2. The van der Waals surface area contributed by atoms with Crippen molar-refractivity contribution in [1.29, 1.82) is 0 Å². The Labute approximate surface area is 118 Å². The Balaban J connectivity index is 1.99. The highest BCUT2D eigenvalue weighted by Gasteiger charge is 2.46. The van der Waals surface area contributed by atoms with E-state index in [0.29, 0.717) is 12.5 Å². The average molecular weight is 276 g/mol. The fourth-order valence-corrected chi connectivity index (χ4v) is 3.01. The topological polar surface area (TPSA) is 64.8 Å². The number of rotatable bonds is 4. The molecular formula is C15H20N2O3. The first-order chi connectivity index (χ1) is 9.65. The van der Waals surface area contributed by atoms with Crippen molar-refractivity contribution in [3.63, 3.8) is 0 Å². The molecule has 2 fully saturated rings. The number of likely N-dealkylation sites (tertiary alicyclic amines) is 1. The van der Waals surface area contributed by atoms with Crippen molar-refractivity contribution in [1.82, 2.24) is 4.90 Å². The lowest BCUT2D eigenvalue weighted by Gasteiger charge is -2.28. The molecule has 5 heteroatoms. The van der Waals surface area contributed by atoms with Crippen molar-refractivity contribution in [3.05, 3.63) is 23.8 Å². The van der Waals surface area contributed by atoms with Gasteiger partial charge in [0.1, 0.15) is 11.5 Å². The molecule has 108 valence electrons. The summed E-state index contributed by atoms with van der Waals surface area (Å²) in [5, 5.41) is 0. The van der Waals surface area contributed by atoms with Crippen molar-refractivity contribution in [2.75, 3.05) is 14.2 Å². The fourth-order valence-electron chi connectivity index (χ4n) is 3.01. The van der Waals surface area contributed by atoms with Crippen LogP contribution in [-0.2, 0) is 4.79 Å². The summed E-state index contributed by atoms with van der Waals surface area (Å²) in [6.45, 7) is 0. The van der Waals surface area contributed by atoms with Crippen molar-refractivity contribution in [3.8, 4) is 11.5 Å². The normalized spacial score (nSPS) is 25.9. The van der Waals surface area contributed by atoms with Gasteiger partial charge in [-0.3, -0.25) is 4.79 Å². The zero-order valence-electron chi connectivity index (χ0n) is 11.8. The third kappa shape index (κ3) is 2.12. The number of hydrogen-bond acceptors (Lipinski definition) is 4. The van der Waals surface area contributed by atoms with Crippen LogP contribution in [0.4, 0.5) is 0 Å². The molecule has 1 aliphatic heterocycles. The third-order valence-corrected chi connectivity index (χ3v) is 4.10. The molecular weight excluding hydrogens is 256 g/mol. The molecule has 0 aromatic heterocycles. The van der Waals surface area contributed by atoms with Gasteiger partial charge in [0.05, 0.1) is 20.3 Å². The summed E-state index contributed by atoms with van der Waals surface area (Å²) < 4.78 is 10.7. The SMILES string of the molecule is COc1ccc(C2C(N)CC(=O)N2C2CC2)c(OC)c1. The van der Waals surface area contributed by atoms with E-state index in [1.54, 1.807) is 14.2 Å². The Morgan fingerprint density at radius 2 is 2.00 bits per heavy atom. The summed E-state index contributed by atoms with van der Waals surface area (Å²) in [5.41, 5.74) is 7.17. The molecule has 1 amide bonds. The van der Waals surface area contributed by atoms with Crippen molar-refractivity contribution in [2.45, 2.75) is 37.4 Å². The minimum atomic E-state index is -0.176. The van der Waals surface area contributed by atoms with Crippen molar-refractivity contribution >= 4 is 5.91 Å². The average Bonchev–Trinajstić information content (AvgIpc) is 3.23. The Morgan fingerprint density at radius 1 is 1.25 bits per heavy atom. The van der Waals surface area contributed by atoms with Crippen molar-refractivity contribution < 1.29 is 14.3 Å². The standard InChI is InChI=1S/C15H20N2O3/c1-19-10-5-6-11(13(7-10)20-2)15-12(16)8-14(18)17(15)9-3-4-9/h5-7,9,12,15H,3-4,8,16H2,1-2H3. The number of hydrogen-bond donors (Lipinski definition) is 1. The molecule has 2 N–H and O–H groups in total. The number of amides is 1. The predicted octanol–water partition coefficient (Wildman–Crippen LogP) is 1.47. The van der Waals surface area contributed by atoms with E-state index in [9.17, 15) is 4.79 Å². The summed E-state index contributed by atoms with van der Waals surface area (Å²) in [4.78, 5) is 14.1. The number of benzene rings is 1. The second-order valence-electron chi connectivity index (χ2n) is 5.45. The number of carbonyl (C=O) groups is 1. The van der Waals surface area contributed by atoms with Gasteiger partial charge in [-0.05, 0) is 25.0 Å². The third-order valence-electron chi connectivity index (χ3n) is 4.10. The lowest BCUT2D eigenvalue weighted by Crippen LogP contribution is -2.34. The van der Waals surface area contributed by atoms with Gasteiger partial charge < -0.3 is 20.1 Å². The quantitative estimate of drug-likeness (QED) is 0.904. The Morgan fingerprint density at radius 3 is 2.60 bits per heavy atom.